The highest BCUT2D eigenvalue weighted by molar-refractivity contribution is 9.10. The molecule has 0 saturated carbocycles. The van der Waals surface area contributed by atoms with E-state index in [9.17, 15) is 9.90 Å². The van der Waals surface area contributed by atoms with Crippen LogP contribution in [0.2, 0.25) is 10.0 Å². The molecule has 1 N–H and O–H groups in total. The van der Waals surface area contributed by atoms with Gasteiger partial charge in [-0.1, -0.05) is 57.3 Å². The quantitative estimate of drug-likeness (QED) is 0.268. The van der Waals surface area contributed by atoms with Gasteiger partial charge in [-0.3, -0.25) is 4.79 Å². The predicted molar refractivity (Wildman–Crippen MR) is 128 cm³/mol. The van der Waals surface area contributed by atoms with Crippen molar-refractivity contribution in [1.82, 2.24) is 4.57 Å². The Labute approximate surface area is 202 Å². The first-order valence-electron chi connectivity index (χ1n) is 9.49. The maximum Gasteiger partial charge on any atom is 0.302 e. The second-order valence-corrected chi connectivity index (χ2v) is 8.61. The number of amides is 1. The lowest BCUT2D eigenvalue weighted by Crippen LogP contribution is -2.07. The van der Waals surface area contributed by atoms with Crippen LogP contribution in [0, 0.1) is 0 Å². The maximum absolute atomic E-state index is 12.2. The number of nitrogens with zero attached hydrogens (tertiary/aromatic N) is 3. The Bertz CT molecular complexity index is 1320. The normalized spacial score (nSPS) is 11.3. The molecule has 0 atom stereocenters. The Kier molecular flexibility index (Phi) is 6.79. The number of rotatable bonds is 6. The summed E-state index contributed by atoms with van der Waals surface area (Å²) in [5.41, 5.74) is 1.75. The van der Waals surface area contributed by atoms with E-state index in [0.29, 0.717) is 27.7 Å². The molecule has 0 radical (unpaired) electrons. The topological polar surface area (TPSA) is 76.2 Å². The monoisotopic (exact) mass is 531 g/mol. The molecule has 0 bridgehead atoms. The van der Waals surface area contributed by atoms with Crippen LogP contribution < -0.4 is 4.74 Å². The highest BCUT2D eigenvalue weighted by atomic mass is 79.9. The Hall–Kier alpha value is -2.87. The third-order valence-electron chi connectivity index (χ3n) is 4.70. The molecule has 0 aliphatic rings. The van der Waals surface area contributed by atoms with Gasteiger partial charge in [0.15, 0.2) is 12.3 Å². The molecule has 32 heavy (non-hydrogen) atoms. The van der Waals surface area contributed by atoms with Crippen LogP contribution >= 0.6 is 39.1 Å². The van der Waals surface area contributed by atoms with E-state index >= 15 is 0 Å². The number of aromatic hydroxyl groups is 1. The van der Waals surface area contributed by atoms with Gasteiger partial charge < -0.3 is 14.4 Å². The smallest absolute Gasteiger partial charge is 0.302 e. The molecule has 4 rings (SSSR count). The molecular formula is C23H16BrCl2N3O3. The first-order chi connectivity index (χ1) is 15.4. The molecule has 3 aromatic carbocycles. The highest BCUT2D eigenvalue weighted by Crippen LogP contribution is 2.40. The van der Waals surface area contributed by atoms with Crippen molar-refractivity contribution in [2.45, 2.75) is 6.54 Å². The van der Waals surface area contributed by atoms with Crippen molar-refractivity contribution in [3.05, 3.63) is 86.8 Å². The van der Waals surface area contributed by atoms with E-state index in [0.717, 1.165) is 15.6 Å². The molecule has 0 unspecified atom stereocenters. The summed E-state index contributed by atoms with van der Waals surface area (Å²) in [5, 5.41) is 20.5. The minimum atomic E-state index is -0.596. The molecule has 162 valence electrons. The lowest BCUT2D eigenvalue weighted by Gasteiger charge is -2.08. The highest BCUT2D eigenvalue weighted by Gasteiger charge is 2.18. The number of hydrogen-bond acceptors (Lipinski definition) is 4. The minimum Gasteiger partial charge on any atom is -0.493 e. The van der Waals surface area contributed by atoms with Crippen LogP contribution in [-0.4, -0.2) is 22.2 Å². The number of carbonyl (C=O) groups excluding carboxylic acids is 1. The van der Waals surface area contributed by atoms with Crippen LogP contribution in [0.25, 0.3) is 10.9 Å². The first-order valence-corrected chi connectivity index (χ1v) is 11.0. The van der Waals surface area contributed by atoms with Crippen LogP contribution in [0.1, 0.15) is 5.56 Å². The third kappa shape index (κ3) is 4.96. The van der Waals surface area contributed by atoms with Crippen LogP contribution in [0.4, 0.5) is 5.69 Å². The van der Waals surface area contributed by atoms with E-state index < -0.39 is 5.91 Å². The zero-order valence-corrected chi connectivity index (χ0v) is 19.6. The zero-order valence-electron chi connectivity index (χ0n) is 16.5. The molecule has 1 aromatic heterocycles. The Morgan fingerprint density at radius 1 is 1.06 bits per heavy atom. The van der Waals surface area contributed by atoms with Crippen LogP contribution in [0.15, 0.2) is 81.4 Å². The van der Waals surface area contributed by atoms with Crippen LogP contribution in [-0.2, 0) is 11.3 Å². The first kappa shape index (κ1) is 22.3. The number of hydrogen-bond donors (Lipinski definition) is 1. The second kappa shape index (κ2) is 9.73. The second-order valence-electron chi connectivity index (χ2n) is 6.85. The van der Waals surface area contributed by atoms with Gasteiger partial charge in [0.25, 0.3) is 0 Å². The van der Waals surface area contributed by atoms with Crippen molar-refractivity contribution in [2.24, 2.45) is 10.2 Å². The lowest BCUT2D eigenvalue weighted by molar-refractivity contribution is -0.120. The fourth-order valence-corrected chi connectivity index (χ4v) is 3.84. The molecule has 1 heterocycles. The third-order valence-corrected chi connectivity index (χ3v) is 5.81. The van der Waals surface area contributed by atoms with E-state index in [1.807, 2.05) is 30.3 Å². The Morgan fingerprint density at radius 3 is 2.56 bits per heavy atom. The number of carbonyl (C=O) groups is 1. The van der Waals surface area contributed by atoms with Gasteiger partial charge in [-0.2, -0.15) is 0 Å². The molecule has 0 fully saturated rings. The largest absolute Gasteiger partial charge is 0.493 e. The van der Waals surface area contributed by atoms with Crippen molar-refractivity contribution in [2.75, 3.05) is 6.61 Å². The van der Waals surface area contributed by atoms with Gasteiger partial charge in [0, 0.05) is 19.9 Å². The minimum absolute atomic E-state index is 0.117. The van der Waals surface area contributed by atoms with Crippen LogP contribution in [0.5, 0.6) is 11.6 Å². The molecule has 0 aliphatic carbocycles. The summed E-state index contributed by atoms with van der Waals surface area (Å²) in [6.07, 6.45) is 0. The van der Waals surface area contributed by atoms with E-state index in [4.69, 9.17) is 27.9 Å². The summed E-state index contributed by atoms with van der Waals surface area (Å²) >= 11 is 15.6. The summed E-state index contributed by atoms with van der Waals surface area (Å²) in [5.74, 6) is -0.226. The van der Waals surface area contributed by atoms with Crippen molar-refractivity contribution in [1.29, 1.82) is 0 Å². The van der Waals surface area contributed by atoms with Gasteiger partial charge in [-0.05, 0) is 54.1 Å². The molecule has 1 amide bonds. The van der Waals surface area contributed by atoms with E-state index in [1.165, 1.54) is 0 Å². The Balaban J connectivity index is 1.61. The van der Waals surface area contributed by atoms with E-state index in [1.54, 1.807) is 41.0 Å². The number of azo groups is 1. The van der Waals surface area contributed by atoms with E-state index in [-0.39, 0.29) is 18.2 Å². The fraction of sp³-hybridized carbons (Fsp3) is 0.0870. The van der Waals surface area contributed by atoms with Gasteiger partial charge in [-0.25, -0.2) is 0 Å². The molecule has 0 spiro atoms. The van der Waals surface area contributed by atoms with Crippen molar-refractivity contribution >= 4 is 61.6 Å². The standard InChI is InChI=1S/C23H16BrCl2N3O3/c24-15-5-10-20-18(11-15)22(23(31)29(20)12-14-3-1-2-4-19(14)26)28-27-21(30)13-32-17-8-6-16(25)7-9-17/h1-11,31H,12-13H2. The average Bonchev–Trinajstić information content (AvgIpc) is 3.03. The zero-order chi connectivity index (χ0) is 22.7. The SMILES string of the molecule is O=C(COc1ccc(Cl)cc1)N=Nc1c(O)n(Cc2ccccc2Cl)c2ccc(Br)cc12. The summed E-state index contributed by atoms with van der Waals surface area (Å²) in [6.45, 7) is 0.0284. The molecular weight excluding hydrogens is 517 g/mol. The molecule has 0 aliphatic heterocycles. The number of ether oxygens (including phenoxy) is 1. The molecule has 4 aromatic rings. The van der Waals surface area contributed by atoms with Gasteiger partial charge >= 0.3 is 5.91 Å². The molecule has 6 nitrogen and oxygen atoms in total. The van der Waals surface area contributed by atoms with Crippen LogP contribution in [0.3, 0.4) is 0 Å². The fourth-order valence-electron chi connectivity index (χ4n) is 3.16. The maximum atomic E-state index is 12.2. The molecule has 9 heteroatoms. The van der Waals surface area contributed by atoms with Gasteiger partial charge in [0.05, 0.1) is 12.1 Å². The van der Waals surface area contributed by atoms with Crippen molar-refractivity contribution in [3.63, 3.8) is 0 Å². The van der Waals surface area contributed by atoms with E-state index in [2.05, 4.69) is 26.2 Å². The summed E-state index contributed by atoms with van der Waals surface area (Å²) in [6, 6.07) is 19.5. The molecule has 0 saturated heterocycles. The van der Waals surface area contributed by atoms with Crippen molar-refractivity contribution < 1.29 is 14.6 Å². The predicted octanol–water partition coefficient (Wildman–Crippen LogP) is 7.15. The average molecular weight is 533 g/mol. The summed E-state index contributed by atoms with van der Waals surface area (Å²) in [7, 11) is 0. The summed E-state index contributed by atoms with van der Waals surface area (Å²) < 4.78 is 7.87. The van der Waals surface area contributed by atoms with Gasteiger partial charge in [-0.15, -0.1) is 10.2 Å². The number of fused-ring (bicyclic) bond motifs is 1. The number of halogens is 3. The van der Waals surface area contributed by atoms with Gasteiger partial charge in [0.2, 0.25) is 5.88 Å². The number of benzene rings is 3. The number of aromatic nitrogens is 1. The van der Waals surface area contributed by atoms with Crippen molar-refractivity contribution in [3.8, 4) is 11.6 Å². The lowest BCUT2D eigenvalue weighted by atomic mass is 10.2. The Morgan fingerprint density at radius 2 is 1.81 bits per heavy atom. The summed E-state index contributed by atoms with van der Waals surface area (Å²) in [4.78, 5) is 12.2. The van der Waals surface area contributed by atoms with Gasteiger partial charge in [0.1, 0.15) is 5.75 Å².